The maximum absolute atomic E-state index is 11.7. The Morgan fingerprint density at radius 1 is 0.725 bits per heavy atom. The van der Waals surface area contributed by atoms with Gasteiger partial charge < -0.3 is 14.1 Å². The number of hydrogen-bond acceptors (Lipinski definition) is 2. The van der Waals surface area contributed by atoms with Crippen molar-refractivity contribution < 1.29 is 34.6 Å². The molecule has 1 radical (unpaired) electrons. The minimum absolute atomic E-state index is 0. The summed E-state index contributed by atoms with van der Waals surface area (Å²) in [7, 11) is 4.47. The Morgan fingerprint density at radius 2 is 1.33 bits per heavy atom. The van der Waals surface area contributed by atoms with Crippen LogP contribution in [0.3, 0.4) is 0 Å². The van der Waals surface area contributed by atoms with Crippen molar-refractivity contribution in [2.24, 2.45) is 11.8 Å². The molecule has 261 valence electrons. The van der Waals surface area contributed by atoms with Crippen LogP contribution in [0, 0.1) is 25.8 Å². The van der Waals surface area contributed by atoms with E-state index in [1.807, 2.05) is 27.7 Å². The Balaban J connectivity index is 0.000000241. The second-order valence-corrected chi connectivity index (χ2v) is 13.5. The maximum Gasteiger partial charge on any atom is 0.162 e. The van der Waals surface area contributed by atoms with E-state index in [1.165, 1.54) is 60.3 Å². The van der Waals surface area contributed by atoms with Crippen LogP contribution in [0.1, 0.15) is 58.9 Å². The molecule has 3 aromatic heterocycles. The first-order valence-corrected chi connectivity index (χ1v) is 18.0. The number of aliphatic hydroxyl groups excluding tert-OH is 1. The van der Waals surface area contributed by atoms with Crippen molar-refractivity contribution in [2.45, 2.75) is 53.4 Å². The quantitative estimate of drug-likeness (QED) is 0.0716. The van der Waals surface area contributed by atoms with E-state index in [1.54, 1.807) is 0 Å². The monoisotopic (exact) mass is 850 g/mol. The van der Waals surface area contributed by atoms with Gasteiger partial charge in [-0.1, -0.05) is 100 Å². The molecular formula is C46H45IrN2O2-. The van der Waals surface area contributed by atoms with E-state index in [2.05, 4.69) is 126 Å². The molecule has 0 saturated carbocycles. The van der Waals surface area contributed by atoms with Gasteiger partial charge in [-0.2, -0.15) is 18.6 Å². The second kappa shape index (κ2) is 14.8. The summed E-state index contributed by atoms with van der Waals surface area (Å²) in [4.78, 5) is 11.7. The number of allylic oxidation sites excluding steroid dienone is 2. The van der Waals surface area contributed by atoms with Gasteiger partial charge in [0.2, 0.25) is 0 Å². The Kier molecular flexibility index (Phi) is 10.4. The van der Waals surface area contributed by atoms with Crippen molar-refractivity contribution in [1.29, 1.82) is 0 Å². The second-order valence-electron chi connectivity index (χ2n) is 13.5. The van der Waals surface area contributed by atoms with Gasteiger partial charge in [-0.3, -0.25) is 4.79 Å². The Bertz CT molecular complexity index is 2550. The van der Waals surface area contributed by atoms with Gasteiger partial charge in [-0.05, 0) is 87.7 Å². The fraction of sp³-hybridized carbons (Fsp3) is 0.217. The third-order valence-corrected chi connectivity index (χ3v) is 10.7. The van der Waals surface area contributed by atoms with Crippen molar-refractivity contribution in [1.82, 2.24) is 4.40 Å². The molecule has 0 fully saturated rings. The first-order valence-electron chi connectivity index (χ1n) is 18.0. The Morgan fingerprint density at radius 3 is 2.02 bits per heavy atom. The molecule has 8 rings (SSSR count). The molecule has 0 aliphatic carbocycles. The molecule has 0 spiro atoms. The van der Waals surface area contributed by atoms with Crippen LogP contribution in [0.4, 0.5) is 0 Å². The predicted molar refractivity (Wildman–Crippen MR) is 211 cm³/mol. The van der Waals surface area contributed by atoms with Gasteiger partial charge in [-0.15, -0.1) is 5.56 Å². The third kappa shape index (κ3) is 6.13. The topological polar surface area (TPSA) is 45.6 Å². The van der Waals surface area contributed by atoms with Crippen molar-refractivity contribution in [3.8, 4) is 11.3 Å². The van der Waals surface area contributed by atoms with Gasteiger partial charge in [0.05, 0.1) is 22.5 Å². The number of aliphatic hydroxyl groups is 1. The minimum Gasteiger partial charge on any atom is -0.512 e. The molecule has 51 heavy (non-hydrogen) atoms. The average Bonchev–Trinajstić information content (AvgIpc) is 3.63. The number of ketones is 1. The van der Waals surface area contributed by atoms with E-state index in [-0.39, 0.29) is 43.5 Å². The van der Waals surface area contributed by atoms with E-state index in [0.717, 1.165) is 48.0 Å². The van der Waals surface area contributed by atoms with Gasteiger partial charge in [0.1, 0.15) is 5.52 Å². The molecule has 5 heteroatoms. The molecule has 0 saturated heterocycles. The number of aromatic nitrogens is 2. The molecule has 0 bridgehead atoms. The summed E-state index contributed by atoms with van der Waals surface area (Å²) in [5, 5.41) is 18.4. The van der Waals surface area contributed by atoms with Crippen LogP contribution in [0.25, 0.3) is 71.0 Å². The smallest absolute Gasteiger partial charge is 0.162 e. The van der Waals surface area contributed by atoms with E-state index in [0.29, 0.717) is 0 Å². The summed E-state index contributed by atoms with van der Waals surface area (Å²) in [6.45, 7) is 12.6. The molecule has 0 aliphatic rings. The molecule has 0 aliphatic heterocycles. The molecule has 1 N–H and O–H groups in total. The summed E-state index contributed by atoms with van der Waals surface area (Å²) in [6.07, 6.45) is 4.91. The summed E-state index contributed by atoms with van der Waals surface area (Å²) < 4.78 is 4.51. The fourth-order valence-corrected chi connectivity index (χ4v) is 7.86. The van der Waals surface area contributed by atoms with E-state index >= 15 is 0 Å². The SMILES string of the molecule is CCC(CC)C(=O)/C=C(\O)C(CC)CC.[CH2-]c1cc2c3ccccc3n3c4cc5ccccc5cc4c(c1-c1ccc4ccccc4[n+]1[CH2-])c23.[Ir]. The van der Waals surface area contributed by atoms with Crippen molar-refractivity contribution in [2.75, 3.05) is 0 Å². The summed E-state index contributed by atoms with van der Waals surface area (Å²) >= 11 is 0. The standard InChI is InChI=1S/C33H21N2.C13H24O2.Ir/c1-20-17-25-24-12-6-8-14-28(24)35-30-19-23-11-4-3-10-22(23)18-26(30)32(33(25)35)31(20)29-16-15-21-9-5-7-13-27(21)34(29)2;1-5-10(6-2)12(14)9-13(15)11(7-3)8-4;/h3-19H,1-2H2;9-11,14H,5-8H2,1-4H3;/q-1;;/b;12-9-;. The number of carbonyl (C=O) groups is 1. The molecule has 4 nitrogen and oxygen atoms in total. The Hall–Kier alpha value is -4.83. The van der Waals surface area contributed by atoms with Gasteiger partial charge in [-0.25, -0.2) is 0 Å². The van der Waals surface area contributed by atoms with Crippen LogP contribution >= 0.6 is 0 Å². The number of fused-ring (bicyclic) bond motifs is 8. The van der Waals surface area contributed by atoms with Gasteiger partial charge >= 0.3 is 0 Å². The van der Waals surface area contributed by atoms with E-state index in [4.69, 9.17) is 0 Å². The summed E-state index contributed by atoms with van der Waals surface area (Å²) in [5.41, 5.74) is 8.06. The van der Waals surface area contributed by atoms with E-state index in [9.17, 15) is 9.90 Å². The van der Waals surface area contributed by atoms with Gasteiger partial charge in [0.25, 0.3) is 0 Å². The first kappa shape index (κ1) is 36.0. The largest absolute Gasteiger partial charge is 0.512 e. The van der Waals surface area contributed by atoms with E-state index < -0.39 is 0 Å². The third-order valence-electron chi connectivity index (χ3n) is 10.7. The Labute approximate surface area is 314 Å². The normalized spacial score (nSPS) is 12.1. The van der Waals surface area contributed by atoms with Crippen LogP contribution < -0.4 is 4.57 Å². The average molecular weight is 850 g/mol. The number of carbonyl (C=O) groups excluding carboxylic acids is 1. The van der Waals surface area contributed by atoms with Crippen LogP contribution in [-0.4, -0.2) is 15.3 Å². The first-order chi connectivity index (χ1) is 24.3. The van der Waals surface area contributed by atoms with Crippen LogP contribution in [-0.2, 0) is 24.9 Å². The van der Waals surface area contributed by atoms with Crippen LogP contribution in [0.5, 0.6) is 0 Å². The number of hydrogen-bond donors (Lipinski definition) is 1. The van der Waals surface area contributed by atoms with Gasteiger partial charge in [0, 0.05) is 50.6 Å². The van der Waals surface area contributed by atoms with Gasteiger partial charge in [0.15, 0.2) is 5.78 Å². The molecular weight excluding hydrogens is 805 g/mol. The van der Waals surface area contributed by atoms with Crippen molar-refractivity contribution in [3.63, 3.8) is 0 Å². The number of rotatable bonds is 8. The molecule has 0 amide bonds. The minimum atomic E-state index is 0. The fourth-order valence-electron chi connectivity index (χ4n) is 7.86. The molecule has 0 atom stereocenters. The molecule has 0 unspecified atom stereocenters. The molecule has 5 aromatic carbocycles. The number of nitrogens with zero attached hydrogens (tertiary/aromatic N) is 2. The van der Waals surface area contributed by atoms with Crippen LogP contribution in [0.15, 0.2) is 115 Å². The molecule has 3 heterocycles. The zero-order valence-corrected chi connectivity index (χ0v) is 32.3. The van der Waals surface area contributed by atoms with Crippen molar-refractivity contribution >= 4 is 65.6 Å². The predicted octanol–water partition coefficient (Wildman–Crippen LogP) is 11.8. The van der Waals surface area contributed by atoms with Crippen molar-refractivity contribution in [3.05, 3.63) is 134 Å². The summed E-state index contributed by atoms with van der Waals surface area (Å²) in [6, 6.07) is 37.0. The van der Waals surface area contributed by atoms with Crippen LogP contribution in [0.2, 0.25) is 0 Å². The molecule has 8 aromatic rings. The zero-order chi connectivity index (χ0) is 35.1. The zero-order valence-electron chi connectivity index (χ0n) is 29.9. The maximum atomic E-state index is 11.7. The number of benzene rings is 5. The number of para-hydroxylation sites is 2. The summed E-state index contributed by atoms with van der Waals surface area (Å²) in [5.74, 6) is 0.547. The number of pyridine rings is 1.